The maximum Gasteiger partial charge on any atom is 0.243 e. The number of sulfonamides is 1. The van der Waals surface area contributed by atoms with Gasteiger partial charge in [0.05, 0.1) is 18.1 Å². The molecule has 0 amide bonds. The van der Waals surface area contributed by atoms with Crippen LogP contribution in [0, 0.1) is 0 Å². The fourth-order valence-corrected chi connectivity index (χ4v) is 4.01. The van der Waals surface area contributed by atoms with E-state index in [0.717, 1.165) is 12.0 Å². The number of benzene rings is 1. The number of halogens is 1. The van der Waals surface area contributed by atoms with Gasteiger partial charge in [-0.2, -0.15) is 4.31 Å². The molecule has 6 heteroatoms. The molecule has 0 aromatic heterocycles. The van der Waals surface area contributed by atoms with Gasteiger partial charge in [0.2, 0.25) is 10.0 Å². The third-order valence-electron chi connectivity index (χ3n) is 3.33. The minimum absolute atomic E-state index is 0.0774. The summed E-state index contributed by atoms with van der Waals surface area (Å²) in [7, 11) is -3.44. The standard InChI is InChI=1S/C13H18ClNO3S/c1-2-12-10-18-8-7-15(12)19(16,17)13-5-3-11(9-14)4-6-13/h3-6,12H,2,7-10H2,1H3. The first-order chi connectivity index (χ1) is 9.09. The van der Waals surface area contributed by atoms with Crippen LogP contribution in [0.25, 0.3) is 0 Å². The van der Waals surface area contributed by atoms with Gasteiger partial charge in [-0.15, -0.1) is 11.6 Å². The molecule has 2 rings (SSSR count). The highest BCUT2D eigenvalue weighted by Crippen LogP contribution is 2.22. The lowest BCUT2D eigenvalue weighted by atomic mass is 10.2. The van der Waals surface area contributed by atoms with Crippen LogP contribution in [0.15, 0.2) is 29.2 Å². The Balaban J connectivity index is 2.29. The first-order valence-electron chi connectivity index (χ1n) is 6.34. The average Bonchev–Trinajstić information content (AvgIpc) is 2.47. The van der Waals surface area contributed by atoms with E-state index in [9.17, 15) is 8.42 Å². The molecular weight excluding hydrogens is 286 g/mol. The minimum Gasteiger partial charge on any atom is -0.378 e. The van der Waals surface area contributed by atoms with Crippen molar-refractivity contribution in [2.75, 3.05) is 19.8 Å². The van der Waals surface area contributed by atoms with Gasteiger partial charge in [-0.1, -0.05) is 19.1 Å². The van der Waals surface area contributed by atoms with Gasteiger partial charge >= 0.3 is 0 Å². The quantitative estimate of drug-likeness (QED) is 0.801. The Morgan fingerprint density at radius 3 is 2.63 bits per heavy atom. The van der Waals surface area contributed by atoms with Crippen molar-refractivity contribution < 1.29 is 13.2 Å². The molecule has 1 fully saturated rings. The van der Waals surface area contributed by atoms with Crippen LogP contribution >= 0.6 is 11.6 Å². The smallest absolute Gasteiger partial charge is 0.243 e. The van der Waals surface area contributed by atoms with Gasteiger partial charge in [0.1, 0.15) is 0 Å². The van der Waals surface area contributed by atoms with Gasteiger partial charge in [-0.05, 0) is 24.1 Å². The summed E-state index contributed by atoms with van der Waals surface area (Å²) in [6, 6.07) is 6.67. The van der Waals surface area contributed by atoms with Crippen LogP contribution in [0.3, 0.4) is 0 Å². The Labute approximate surface area is 119 Å². The highest BCUT2D eigenvalue weighted by atomic mass is 35.5. The summed E-state index contributed by atoms with van der Waals surface area (Å²) in [4.78, 5) is 0.321. The molecule has 0 spiro atoms. The predicted octanol–water partition coefficient (Wildman–Crippen LogP) is 2.22. The number of morpholine rings is 1. The van der Waals surface area contributed by atoms with Crippen LogP contribution in [0.4, 0.5) is 0 Å². The van der Waals surface area contributed by atoms with E-state index in [1.165, 1.54) is 0 Å². The number of hydrogen-bond acceptors (Lipinski definition) is 3. The molecule has 0 aliphatic carbocycles. The van der Waals surface area contributed by atoms with Crippen LogP contribution < -0.4 is 0 Å². The second-order valence-corrected chi connectivity index (χ2v) is 6.69. The Hall–Kier alpha value is -0.620. The van der Waals surface area contributed by atoms with Crippen LogP contribution in [0.1, 0.15) is 18.9 Å². The number of ether oxygens (including phenoxy) is 1. The molecule has 1 aromatic carbocycles. The molecule has 4 nitrogen and oxygen atoms in total. The zero-order valence-corrected chi connectivity index (χ0v) is 12.5. The van der Waals surface area contributed by atoms with Crippen molar-refractivity contribution in [1.82, 2.24) is 4.31 Å². The third kappa shape index (κ3) is 3.11. The SMILES string of the molecule is CCC1COCCN1S(=O)(=O)c1ccc(CCl)cc1. The topological polar surface area (TPSA) is 46.6 Å². The Kier molecular flexibility index (Phi) is 4.84. The largest absolute Gasteiger partial charge is 0.378 e. The monoisotopic (exact) mass is 303 g/mol. The lowest BCUT2D eigenvalue weighted by Gasteiger charge is -2.33. The van der Waals surface area contributed by atoms with E-state index in [4.69, 9.17) is 16.3 Å². The van der Waals surface area contributed by atoms with Crippen molar-refractivity contribution in [3.8, 4) is 0 Å². The zero-order valence-electron chi connectivity index (χ0n) is 10.9. The fourth-order valence-electron chi connectivity index (χ4n) is 2.16. The van der Waals surface area contributed by atoms with Crippen LogP contribution in [0.5, 0.6) is 0 Å². The van der Waals surface area contributed by atoms with Crippen molar-refractivity contribution in [1.29, 1.82) is 0 Å². The summed E-state index contributed by atoms with van der Waals surface area (Å²) in [5.74, 6) is 0.384. The van der Waals surface area contributed by atoms with Gasteiger partial charge in [0.15, 0.2) is 0 Å². The summed E-state index contributed by atoms with van der Waals surface area (Å²) in [6.07, 6.45) is 0.749. The Bertz CT molecular complexity index is 515. The summed E-state index contributed by atoms with van der Waals surface area (Å²) < 4.78 is 32.1. The summed E-state index contributed by atoms with van der Waals surface area (Å²) in [6.45, 7) is 3.31. The molecule has 106 valence electrons. The first kappa shape index (κ1) is 14.8. The van der Waals surface area contributed by atoms with Crippen molar-refractivity contribution >= 4 is 21.6 Å². The van der Waals surface area contributed by atoms with Gasteiger partial charge in [0, 0.05) is 18.5 Å². The molecule has 1 atom stereocenters. The second-order valence-electron chi connectivity index (χ2n) is 4.53. The molecule has 1 aliphatic heterocycles. The minimum atomic E-state index is -3.44. The molecule has 0 N–H and O–H groups in total. The molecule has 0 bridgehead atoms. The molecule has 1 saturated heterocycles. The average molecular weight is 304 g/mol. The van der Waals surface area contributed by atoms with Crippen molar-refractivity contribution in [2.24, 2.45) is 0 Å². The Morgan fingerprint density at radius 1 is 1.37 bits per heavy atom. The van der Waals surface area contributed by atoms with Gasteiger partial charge in [-0.3, -0.25) is 0 Å². The molecule has 1 aliphatic rings. The summed E-state index contributed by atoms with van der Waals surface area (Å²) >= 11 is 5.71. The lowest BCUT2D eigenvalue weighted by Crippen LogP contribution is -2.48. The van der Waals surface area contributed by atoms with Gasteiger partial charge < -0.3 is 4.74 Å². The summed E-state index contributed by atoms with van der Waals surface area (Å²) in [5.41, 5.74) is 0.912. The molecule has 0 radical (unpaired) electrons. The second kappa shape index (κ2) is 6.22. The maximum absolute atomic E-state index is 12.6. The van der Waals surface area contributed by atoms with E-state index >= 15 is 0 Å². The fraction of sp³-hybridized carbons (Fsp3) is 0.538. The van der Waals surface area contributed by atoms with Crippen molar-refractivity contribution in [3.05, 3.63) is 29.8 Å². The maximum atomic E-state index is 12.6. The lowest BCUT2D eigenvalue weighted by molar-refractivity contribution is 0.0314. The molecular formula is C13H18ClNO3S. The van der Waals surface area contributed by atoms with E-state index in [-0.39, 0.29) is 6.04 Å². The highest BCUT2D eigenvalue weighted by Gasteiger charge is 2.32. The number of alkyl halides is 1. The van der Waals surface area contributed by atoms with Crippen LogP contribution in [-0.2, 0) is 20.6 Å². The highest BCUT2D eigenvalue weighted by molar-refractivity contribution is 7.89. The van der Waals surface area contributed by atoms with Crippen LogP contribution in [-0.4, -0.2) is 38.5 Å². The molecule has 1 unspecified atom stereocenters. The third-order valence-corrected chi connectivity index (χ3v) is 5.60. The number of nitrogens with zero attached hydrogens (tertiary/aromatic N) is 1. The van der Waals surface area contributed by atoms with E-state index in [0.29, 0.717) is 30.5 Å². The predicted molar refractivity (Wildman–Crippen MR) is 74.8 cm³/mol. The summed E-state index contributed by atoms with van der Waals surface area (Å²) in [5, 5.41) is 0. The molecule has 1 aromatic rings. The van der Waals surface area contributed by atoms with Gasteiger partial charge in [-0.25, -0.2) is 8.42 Å². The van der Waals surface area contributed by atoms with E-state index in [1.807, 2.05) is 6.92 Å². The number of rotatable bonds is 4. The molecule has 19 heavy (non-hydrogen) atoms. The normalized spacial score (nSPS) is 21.5. The van der Waals surface area contributed by atoms with E-state index in [2.05, 4.69) is 0 Å². The molecule has 1 heterocycles. The van der Waals surface area contributed by atoms with Crippen molar-refractivity contribution in [2.45, 2.75) is 30.2 Å². The van der Waals surface area contributed by atoms with E-state index < -0.39 is 10.0 Å². The number of hydrogen-bond donors (Lipinski definition) is 0. The first-order valence-corrected chi connectivity index (χ1v) is 8.31. The van der Waals surface area contributed by atoms with Crippen molar-refractivity contribution in [3.63, 3.8) is 0 Å². The van der Waals surface area contributed by atoms with E-state index in [1.54, 1.807) is 28.6 Å². The zero-order chi connectivity index (χ0) is 13.9. The van der Waals surface area contributed by atoms with Crippen LogP contribution in [0.2, 0.25) is 0 Å². The Morgan fingerprint density at radius 2 is 2.05 bits per heavy atom. The molecule has 0 saturated carbocycles. The van der Waals surface area contributed by atoms with Gasteiger partial charge in [0.25, 0.3) is 0 Å².